The van der Waals surface area contributed by atoms with Gasteiger partial charge in [-0.05, 0) is 56.9 Å². The molecule has 0 saturated heterocycles. The number of hydrogen-bond donors (Lipinski definition) is 1. The molecule has 1 heterocycles. The average Bonchev–Trinajstić information content (AvgIpc) is 2.86. The van der Waals surface area contributed by atoms with Crippen LogP contribution in [-0.2, 0) is 23.1 Å². The first-order chi connectivity index (χ1) is 17.2. The van der Waals surface area contributed by atoms with Gasteiger partial charge in [0.25, 0.3) is 5.56 Å². The van der Waals surface area contributed by atoms with Gasteiger partial charge < -0.3 is 14.2 Å². The zero-order valence-corrected chi connectivity index (χ0v) is 21.8. The summed E-state index contributed by atoms with van der Waals surface area (Å²) < 4.78 is 35.5. The smallest absolute Gasteiger partial charge is 0.258 e. The molecule has 0 amide bonds. The van der Waals surface area contributed by atoms with Crippen LogP contribution in [0, 0.1) is 6.92 Å². The predicted molar refractivity (Wildman–Crippen MR) is 144 cm³/mol. The van der Waals surface area contributed by atoms with E-state index in [1.165, 1.54) is 0 Å². The van der Waals surface area contributed by atoms with Crippen molar-refractivity contribution in [1.29, 1.82) is 0 Å². The van der Waals surface area contributed by atoms with Crippen LogP contribution >= 0.6 is 0 Å². The van der Waals surface area contributed by atoms with E-state index in [0.29, 0.717) is 17.7 Å². The van der Waals surface area contributed by atoms with Crippen LogP contribution in [0.25, 0.3) is 21.9 Å². The van der Waals surface area contributed by atoms with Gasteiger partial charge in [-0.2, -0.15) is 0 Å². The highest BCUT2D eigenvalue weighted by Crippen LogP contribution is 2.33. The number of sulfonamides is 1. The molecule has 3 aromatic carbocycles. The van der Waals surface area contributed by atoms with Gasteiger partial charge >= 0.3 is 0 Å². The molecule has 0 fully saturated rings. The van der Waals surface area contributed by atoms with Crippen molar-refractivity contribution in [2.24, 2.45) is 0 Å². The largest absolute Gasteiger partial charge is 0.497 e. The Hall–Kier alpha value is -3.46. The van der Waals surface area contributed by atoms with Crippen LogP contribution in [0.2, 0.25) is 0 Å². The Balaban J connectivity index is 1.82. The van der Waals surface area contributed by atoms with E-state index in [1.807, 2.05) is 62.3 Å². The summed E-state index contributed by atoms with van der Waals surface area (Å²) in [4.78, 5) is 15.9. The minimum Gasteiger partial charge on any atom is -0.497 e. The highest BCUT2D eigenvalue weighted by atomic mass is 32.2. The van der Waals surface area contributed by atoms with Crippen molar-refractivity contribution >= 4 is 20.8 Å². The monoisotopic (exact) mass is 505 g/mol. The van der Waals surface area contributed by atoms with Crippen LogP contribution in [0.1, 0.15) is 11.3 Å². The number of pyridine rings is 1. The van der Waals surface area contributed by atoms with Gasteiger partial charge in [0, 0.05) is 41.7 Å². The fourth-order valence-corrected chi connectivity index (χ4v) is 5.34. The third-order valence-electron chi connectivity index (χ3n) is 6.07. The summed E-state index contributed by atoms with van der Waals surface area (Å²) in [5.41, 5.74) is 3.53. The first-order valence-corrected chi connectivity index (χ1v) is 13.2. The number of aryl methyl sites for hydroxylation is 1. The molecular weight excluding hydrogens is 474 g/mol. The Morgan fingerprint density at radius 2 is 1.64 bits per heavy atom. The van der Waals surface area contributed by atoms with E-state index >= 15 is 0 Å². The van der Waals surface area contributed by atoms with E-state index in [2.05, 4.69) is 4.72 Å². The Bertz CT molecular complexity index is 1530. The SMILES string of the molecule is COc1ccc2c(=O)n(CCNS(=O)(=O)c3ccc(C)cc3)c(CN(C)C)c(-c3ccccc3)c2c1. The van der Waals surface area contributed by atoms with Gasteiger partial charge in [-0.3, -0.25) is 4.79 Å². The Labute approximate surface area is 212 Å². The van der Waals surface area contributed by atoms with Gasteiger partial charge in [0.2, 0.25) is 10.0 Å². The zero-order chi connectivity index (χ0) is 25.9. The summed E-state index contributed by atoms with van der Waals surface area (Å²) in [5, 5.41) is 1.36. The lowest BCUT2D eigenvalue weighted by molar-refractivity contribution is 0.385. The molecule has 4 rings (SSSR count). The molecule has 0 spiro atoms. The lowest BCUT2D eigenvalue weighted by atomic mass is 9.96. The number of aromatic nitrogens is 1. The Kier molecular flexibility index (Phi) is 7.59. The van der Waals surface area contributed by atoms with E-state index in [4.69, 9.17) is 4.74 Å². The van der Waals surface area contributed by atoms with Crippen molar-refractivity contribution in [3.63, 3.8) is 0 Å². The fourth-order valence-electron chi connectivity index (χ4n) is 4.32. The maximum atomic E-state index is 13.7. The normalized spacial score (nSPS) is 11.8. The van der Waals surface area contributed by atoms with Crippen molar-refractivity contribution < 1.29 is 13.2 Å². The van der Waals surface area contributed by atoms with Crippen molar-refractivity contribution in [3.05, 3.63) is 94.4 Å². The van der Waals surface area contributed by atoms with Crippen molar-refractivity contribution in [2.45, 2.75) is 24.9 Å². The molecule has 0 bridgehead atoms. The number of ether oxygens (including phenoxy) is 1. The summed E-state index contributed by atoms with van der Waals surface area (Å²) >= 11 is 0. The Morgan fingerprint density at radius 1 is 0.944 bits per heavy atom. The van der Waals surface area contributed by atoms with Crippen LogP contribution in [0.4, 0.5) is 0 Å². The molecule has 8 heteroatoms. The summed E-state index contributed by atoms with van der Waals surface area (Å²) in [7, 11) is 1.79. The minimum atomic E-state index is -3.70. The summed E-state index contributed by atoms with van der Waals surface area (Å²) in [5.74, 6) is 0.665. The zero-order valence-electron chi connectivity index (χ0n) is 21.0. The maximum Gasteiger partial charge on any atom is 0.258 e. The minimum absolute atomic E-state index is 0.0758. The molecule has 0 aliphatic heterocycles. The lowest BCUT2D eigenvalue weighted by Gasteiger charge is -2.23. The number of hydrogen-bond acceptors (Lipinski definition) is 5. The number of methoxy groups -OCH3 is 1. The van der Waals surface area contributed by atoms with E-state index < -0.39 is 10.0 Å². The van der Waals surface area contributed by atoms with Crippen LogP contribution in [0.3, 0.4) is 0 Å². The van der Waals surface area contributed by atoms with Gasteiger partial charge in [-0.25, -0.2) is 13.1 Å². The van der Waals surface area contributed by atoms with Gasteiger partial charge in [0.1, 0.15) is 5.75 Å². The van der Waals surface area contributed by atoms with Gasteiger partial charge in [-0.1, -0.05) is 48.0 Å². The molecule has 188 valence electrons. The van der Waals surface area contributed by atoms with Crippen LogP contribution < -0.4 is 15.0 Å². The van der Waals surface area contributed by atoms with Crippen molar-refractivity contribution in [2.75, 3.05) is 27.7 Å². The second-order valence-electron chi connectivity index (χ2n) is 9.00. The molecule has 0 unspecified atom stereocenters. The van der Waals surface area contributed by atoms with E-state index in [1.54, 1.807) is 48.1 Å². The third-order valence-corrected chi connectivity index (χ3v) is 7.55. The predicted octanol–water partition coefficient (Wildman–Crippen LogP) is 4.03. The molecule has 0 aliphatic rings. The maximum absolute atomic E-state index is 13.7. The van der Waals surface area contributed by atoms with Gasteiger partial charge in [0.15, 0.2) is 0 Å². The van der Waals surface area contributed by atoms with Crippen molar-refractivity contribution in [3.8, 4) is 16.9 Å². The molecule has 1 N–H and O–H groups in total. The number of nitrogens with one attached hydrogen (secondary N) is 1. The molecule has 1 aromatic heterocycles. The second-order valence-corrected chi connectivity index (χ2v) is 10.8. The second kappa shape index (κ2) is 10.7. The molecule has 4 aromatic rings. The third kappa shape index (κ3) is 5.36. The number of fused-ring (bicyclic) bond motifs is 1. The molecule has 0 aliphatic carbocycles. The average molecular weight is 506 g/mol. The quantitative estimate of drug-likeness (QED) is 0.372. The lowest BCUT2D eigenvalue weighted by Crippen LogP contribution is -2.34. The summed E-state index contributed by atoms with van der Waals surface area (Å²) in [6.07, 6.45) is 0. The molecule has 0 radical (unpaired) electrons. The summed E-state index contributed by atoms with van der Waals surface area (Å²) in [6, 6.07) is 22.0. The highest BCUT2D eigenvalue weighted by Gasteiger charge is 2.20. The number of rotatable bonds is 9. The first-order valence-electron chi connectivity index (χ1n) is 11.7. The van der Waals surface area contributed by atoms with Crippen molar-refractivity contribution in [1.82, 2.24) is 14.2 Å². The molecule has 7 nitrogen and oxygen atoms in total. The van der Waals surface area contributed by atoms with E-state index in [0.717, 1.165) is 27.8 Å². The van der Waals surface area contributed by atoms with Gasteiger partial charge in [0.05, 0.1) is 12.0 Å². The van der Waals surface area contributed by atoms with Crippen LogP contribution in [0.5, 0.6) is 5.75 Å². The van der Waals surface area contributed by atoms with Gasteiger partial charge in [-0.15, -0.1) is 0 Å². The highest BCUT2D eigenvalue weighted by molar-refractivity contribution is 7.89. The number of nitrogens with zero attached hydrogens (tertiary/aromatic N) is 2. The summed E-state index contributed by atoms with van der Waals surface area (Å²) in [6.45, 7) is 2.67. The molecule has 0 atom stereocenters. The standard InChI is InChI=1S/C28H31N3O4S/c1-20-10-13-23(14-11-20)36(33,34)29-16-17-31-26(19-30(2)3)27(21-8-6-5-7-9-21)25-18-22(35-4)12-15-24(25)28(31)32/h5-15,18,29H,16-17,19H2,1-4H3. The van der Waals surface area contributed by atoms with Crippen LogP contribution in [-0.4, -0.2) is 45.6 Å². The first kappa shape index (κ1) is 25.6. The molecular formula is C28H31N3O4S. The van der Waals surface area contributed by atoms with E-state index in [9.17, 15) is 13.2 Å². The fraction of sp³-hybridized carbons (Fsp3) is 0.250. The number of benzene rings is 3. The Morgan fingerprint density at radius 3 is 2.28 bits per heavy atom. The van der Waals surface area contributed by atoms with E-state index in [-0.39, 0.29) is 23.5 Å². The molecule has 36 heavy (non-hydrogen) atoms. The topological polar surface area (TPSA) is 80.6 Å². The van der Waals surface area contributed by atoms with Crippen LogP contribution in [0.15, 0.2) is 82.5 Å². The molecule has 0 saturated carbocycles.